The van der Waals surface area contributed by atoms with Crippen LogP contribution in [0.2, 0.25) is 0 Å². The fourth-order valence-corrected chi connectivity index (χ4v) is 2.64. The molecule has 1 aromatic heterocycles. The number of halogens is 1. The summed E-state index contributed by atoms with van der Waals surface area (Å²) in [4.78, 5) is 18.0. The van der Waals surface area contributed by atoms with Crippen molar-refractivity contribution in [2.24, 2.45) is 0 Å². The maximum Gasteiger partial charge on any atom is 0.257 e. The molecule has 1 aromatic rings. The first-order valence-corrected chi connectivity index (χ1v) is 6.89. The molecule has 0 radical (unpaired) electrons. The van der Waals surface area contributed by atoms with Crippen molar-refractivity contribution >= 4 is 5.91 Å². The van der Waals surface area contributed by atoms with Crippen LogP contribution in [-0.2, 0) is 0 Å². The van der Waals surface area contributed by atoms with Crippen LogP contribution < -0.4 is 5.32 Å². The number of carbonyl (C=O) groups is 1. The smallest absolute Gasteiger partial charge is 0.257 e. The lowest BCUT2D eigenvalue weighted by Crippen LogP contribution is -2.42. The van der Waals surface area contributed by atoms with Gasteiger partial charge in [-0.15, -0.1) is 0 Å². The second-order valence-corrected chi connectivity index (χ2v) is 5.34. The van der Waals surface area contributed by atoms with Gasteiger partial charge in [0.05, 0.1) is 11.8 Å². The van der Waals surface area contributed by atoms with Crippen molar-refractivity contribution in [3.63, 3.8) is 0 Å². The van der Waals surface area contributed by atoms with Crippen molar-refractivity contribution in [3.8, 4) is 0 Å². The minimum atomic E-state index is -0.530. The number of hydrogen-bond acceptors (Lipinski definition) is 3. The number of carbonyl (C=O) groups excluding carboxylic acids is 1. The lowest BCUT2D eigenvalue weighted by molar-refractivity contribution is 0.0723. The van der Waals surface area contributed by atoms with E-state index in [0.29, 0.717) is 18.6 Å². The Bertz CT molecular complexity index is 470. The predicted octanol–water partition coefficient (Wildman–Crippen LogP) is 1.58. The Morgan fingerprint density at radius 2 is 2.32 bits per heavy atom. The topological polar surface area (TPSA) is 45.2 Å². The minimum Gasteiger partial charge on any atom is -0.334 e. The quantitative estimate of drug-likeness (QED) is 0.897. The van der Waals surface area contributed by atoms with Crippen LogP contribution in [0.1, 0.15) is 36.0 Å². The van der Waals surface area contributed by atoms with Gasteiger partial charge in [0.25, 0.3) is 5.91 Å². The summed E-state index contributed by atoms with van der Waals surface area (Å²) in [6.45, 7) is 1.70. The van der Waals surface area contributed by atoms with Crippen LogP contribution in [0.5, 0.6) is 0 Å². The number of aromatic nitrogens is 1. The molecule has 4 nitrogen and oxygen atoms in total. The van der Waals surface area contributed by atoms with E-state index in [9.17, 15) is 9.18 Å². The third-order valence-corrected chi connectivity index (χ3v) is 3.83. The first-order chi connectivity index (χ1) is 9.25. The van der Waals surface area contributed by atoms with Crippen LogP contribution in [0.3, 0.4) is 0 Å². The Hall–Kier alpha value is -1.49. The zero-order valence-corrected chi connectivity index (χ0v) is 10.8. The Labute approximate surface area is 112 Å². The molecule has 0 spiro atoms. The van der Waals surface area contributed by atoms with Crippen molar-refractivity contribution in [1.82, 2.24) is 15.2 Å². The zero-order chi connectivity index (χ0) is 13.2. The average molecular weight is 263 g/mol. The van der Waals surface area contributed by atoms with Gasteiger partial charge in [0.2, 0.25) is 0 Å². The predicted molar refractivity (Wildman–Crippen MR) is 69.3 cm³/mol. The van der Waals surface area contributed by atoms with Gasteiger partial charge in [-0.25, -0.2) is 4.39 Å². The summed E-state index contributed by atoms with van der Waals surface area (Å²) in [5, 5.41) is 3.39. The number of rotatable bonds is 4. The molecule has 19 heavy (non-hydrogen) atoms. The summed E-state index contributed by atoms with van der Waals surface area (Å²) >= 11 is 0. The summed E-state index contributed by atoms with van der Waals surface area (Å²) in [5.74, 6) is -0.728. The number of amides is 1. The van der Waals surface area contributed by atoms with Gasteiger partial charge < -0.3 is 10.2 Å². The van der Waals surface area contributed by atoms with Gasteiger partial charge in [-0.1, -0.05) is 0 Å². The Morgan fingerprint density at radius 1 is 1.47 bits per heavy atom. The highest BCUT2D eigenvalue weighted by Crippen LogP contribution is 2.29. The van der Waals surface area contributed by atoms with Crippen molar-refractivity contribution in [1.29, 1.82) is 0 Å². The van der Waals surface area contributed by atoms with Crippen molar-refractivity contribution in [2.75, 3.05) is 13.1 Å². The normalized spacial score (nSPS) is 22.5. The van der Waals surface area contributed by atoms with Crippen molar-refractivity contribution in [3.05, 3.63) is 29.8 Å². The number of nitrogens with zero attached hydrogens (tertiary/aromatic N) is 2. The van der Waals surface area contributed by atoms with Gasteiger partial charge in [-0.3, -0.25) is 9.78 Å². The van der Waals surface area contributed by atoms with Crippen molar-refractivity contribution < 1.29 is 9.18 Å². The molecule has 1 aliphatic heterocycles. The molecule has 0 unspecified atom stereocenters. The van der Waals surface area contributed by atoms with Gasteiger partial charge in [-0.05, 0) is 38.3 Å². The summed E-state index contributed by atoms with van der Waals surface area (Å²) in [6.07, 6.45) is 6.88. The molecule has 0 bridgehead atoms. The second-order valence-electron chi connectivity index (χ2n) is 5.34. The summed E-state index contributed by atoms with van der Waals surface area (Å²) < 4.78 is 13.7. The fourth-order valence-electron chi connectivity index (χ4n) is 2.64. The van der Waals surface area contributed by atoms with Crippen LogP contribution in [0.25, 0.3) is 0 Å². The second kappa shape index (κ2) is 5.25. The highest BCUT2D eigenvalue weighted by Gasteiger charge is 2.35. The van der Waals surface area contributed by atoms with Gasteiger partial charge in [0.15, 0.2) is 5.82 Å². The first-order valence-electron chi connectivity index (χ1n) is 6.89. The highest BCUT2D eigenvalue weighted by atomic mass is 19.1. The maximum absolute atomic E-state index is 13.7. The number of pyridine rings is 1. The van der Waals surface area contributed by atoms with E-state index in [2.05, 4.69) is 10.3 Å². The maximum atomic E-state index is 13.7. The van der Waals surface area contributed by atoms with E-state index in [-0.39, 0.29) is 11.5 Å². The van der Waals surface area contributed by atoms with E-state index in [1.165, 1.54) is 12.3 Å². The van der Waals surface area contributed by atoms with E-state index in [1.807, 2.05) is 4.90 Å². The van der Waals surface area contributed by atoms with Gasteiger partial charge in [-0.2, -0.15) is 0 Å². The molecule has 1 aliphatic carbocycles. The Kier molecular flexibility index (Phi) is 3.46. The first kappa shape index (κ1) is 12.5. The number of nitrogens with one attached hydrogen (secondary N) is 1. The molecule has 1 saturated carbocycles. The standard InChI is InChI=1S/C14H18FN3O/c15-13-8-16-7-5-12(13)14(19)18(11-3-4-11)9-10-2-1-6-17-10/h5,7-8,10-11,17H,1-4,6,9H2/t10-/m0/s1. The lowest BCUT2D eigenvalue weighted by atomic mass is 10.1. The third-order valence-electron chi connectivity index (χ3n) is 3.83. The molecule has 1 atom stereocenters. The Balaban J connectivity index is 1.76. The lowest BCUT2D eigenvalue weighted by Gasteiger charge is -2.26. The zero-order valence-electron chi connectivity index (χ0n) is 10.8. The monoisotopic (exact) mass is 263 g/mol. The van der Waals surface area contributed by atoms with Crippen LogP contribution in [0, 0.1) is 5.82 Å². The van der Waals surface area contributed by atoms with Gasteiger partial charge >= 0.3 is 0 Å². The van der Waals surface area contributed by atoms with E-state index >= 15 is 0 Å². The average Bonchev–Trinajstić information content (AvgIpc) is 3.13. The molecule has 2 heterocycles. The molecule has 0 aromatic carbocycles. The number of hydrogen-bond donors (Lipinski definition) is 1. The Morgan fingerprint density at radius 3 is 2.95 bits per heavy atom. The van der Waals surface area contributed by atoms with E-state index in [1.54, 1.807) is 0 Å². The molecule has 1 N–H and O–H groups in total. The minimum absolute atomic E-state index is 0.139. The molecule has 2 aliphatic rings. The molecule has 1 amide bonds. The molecular weight excluding hydrogens is 245 g/mol. The van der Waals surface area contributed by atoms with E-state index in [4.69, 9.17) is 0 Å². The molecular formula is C14H18FN3O. The summed E-state index contributed by atoms with van der Waals surface area (Å²) in [7, 11) is 0. The third kappa shape index (κ3) is 2.76. The van der Waals surface area contributed by atoms with Gasteiger partial charge in [0.1, 0.15) is 0 Å². The summed E-state index contributed by atoms with van der Waals surface area (Å²) in [5.41, 5.74) is 0.139. The van der Waals surface area contributed by atoms with Crippen LogP contribution >= 0.6 is 0 Å². The molecule has 3 rings (SSSR count). The molecule has 5 heteroatoms. The highest BCUT2D eigenvalue weighted by molar-refractivity contribution is 5.94. The molecule has 1 saturated heterocycles. The fraction of sp³-hybridized carbons (Fsp3) is 0.571. The SMILES string of the molecule is O=C(c1ccncc1F)N(C[C@@H]1CCCN1)C1CC1. The van der Waals surface area contributed by atoms with E-state index < -0.39 is 5.82 Å². The van der Waals surface area contributed by atoms with Crippen LogP contribution in [-0.4, -0.2) is 41.0 Å². The van der Waals surface area contributed by atoms with Crippen LogP contribution in [0.4, 0.5) is 4.39 Å². The van der Waals surface area contributed by atoms with E-state index in [0.717, 1.165) is 38.4 Å². The molecule has 102 valence electrons. The largest absolute Gasteiger partial charge is 0.334 e. The van der Waals surface area contributed by atoms with Gasteiger partial charge in [0, 0.05) is 24.8 Å². The summed E-state index contributed by atoms with van der Waals surface area (Å²) in [6, 6.07) is 2.12. The van der Waals surface area contributed by atoms with Crippen LogP contribution in [0.15, 0.2) is 18.5 Å². The van der Waals surface area contributed by atoms with Crippen molar-refractivity contribution in [2.45, 2.75) is 37.8 Å². The molecule has 2 fully saturated rings.